The molecule has 0 saturated carbocycles. The number of oxazole rings is 1. The van der Waals surface area contributed by atoms with Crippen molar-refractivity contribution in [3.8, 4) is 9.88 Å². The zero-order chi connectivity index (χ0) is 16.5. The standard InChI is InChI=1S/C16H11N3O3S2/c20-14(7-10-8-24-15(18-10)13-2-1-5-23-13)17-9-3-4-12-11(6-9)19-16(21)22-12/h1-6,8H,7H2,(H,17,20)(H,19,21). The molecule has 3 aromatic heterocycles. The van der Waals surface area contributed by atoms with Crippen molar-refractivity contribution < 1.29 is 9.21 Å². The molecule has 1 amide bonds. The highest BCUT2D eigenvalue weighted by molar-refractivity contribution is 7.20. The Morgan fingerprint density at radius 1 is 1.29 bits per heavy atom. The van der Waals surface area contributed by atoms with E-state index in [0.717, 1.165) is 15.6 Å². The van der Waals surface area contributed by atoms with Crippen LogP contribution < -0.4 is 11.1 Å². The minimum Gasteiger partial charge on any atom is -0.408 e. The number of rotatable bonds is 4. The van der Waals surface area contributed by atoms with E-state index in [0.29, 0.717) is 16.8 Å². The number of anilines is 1. The molecule has 4 rings (SSSR count). The number of aromatic amines is 1. The quantitative estimate of drug-likeness (QED) is 0.585. The van der Waals surface area contributed by atoms with Gasteiger partial charge in [0.15, 0.2) is 5.58 Å². The van der Waals surface area contributed by atoms with Gasteiger partial charge in [0.25, 0.3) is 0 Å². The fraction of sp³-hybridized carbons (Fsp3) is 0.0625. The average Bonchev–Trinajstić information content (AvgIpc) is 3.25. The molecule has 1 aromatic carbocycles. The summed E-state index contributed by atoms with van der Waals surface area (Å²) in [4.78, 5) is 31.5. The number of H-pyrrole nitrogens is 1. The van der Waals surface area contributed by atoms with Crippen molar-refractivity contribution in [2.75, 3.05) is 5.32 Å². The van der Waals surface area contributed by atoms with Gasteiger partial charge in [-0.05, 0) is 29.6 Å². The number of carbonyl (C=O) groups is 1. The summed E-state index contributed by atoms with van der Waals surface area (Å²) in [6.45, 7) is 0. The molecule has 3 heterocycles. The number of thiazole rings is 1. The molecular weight excluding hydrogens is 346 g/mol. The molecular formula is C16H11N3O3S2. The summed E-state index contributed by atoms with van der Waals surface area (Å²) < 4.78 is 4.93. The summed E-state index contributed by atoms with van der Waals surface area (Å²) in [6.07, 6.45) is 0.196. The van der Waals surface area contributed by atoms with E-state index in [-0.39, 0.29) is 12.3 Å². The van der Waals surface area contributed by atoms with Crippen LogP contribution in [0.1, 0.15) is 5.69 Å². The second kappa shape index (κ2) is 6.06. The molecule has 2 N–H and O–H groups in total. The van der Waals surface area contributed by atoms with Crippen LogP contribution in [0.5, 0.6) is 0 Å². The molecule has 0 fully saturated rings. The molecule has 0 bridgehead atoms. The molecule has 0 saturated heterocycles. The van der Waals surface area contributed by atoms with Gasteiger partial charge in [-0.25, -0.2) is 9.78 Å². The number of hydrogen-bond acceptors (Lipinski definition) is 6. The average molecular weight is 357 g/mol. The number of benzene rings is 1. The Bertz CT molecular complexity index is 1060. The fourth-order valence-corrected chi connectivity index (χ4v) is 3.93. The predicted octanol–water partition coefficient (Wildman–Crippen LogP) is 3.49. The number of hydrogen-bond donors (Lipinski definition) is 2. The normalized spacial score (nSPS) is 11.0. The van der Waals surface area contributed by atoms with E-state index in [1.165, 1.54) is 11.3 Å². The molecule has 0 aliphatic heterocycles. The third kappa shape index (κ3) is 3.01. The number of fused-ring (bicyclic) bond motifs is 1. The Hall–Kier alpha value is -2.71. The first-order valence-corrected chi connectivity index (χ1v) is 8.84. The first-order valence-electron chi connectivity index (χ1n) is 7.08. The van der Waals surface area contributed by atoms with Gasteiger partial charge < -0.3 is 9.73 Å². The second-order valence-corrected chi connectivity index (χ2v) is 6.88. The van der Waals surface area contributed by atoms with Crippen molar-refractivity contribution in [3.05, 3.63) is 57.3 Å². The van der Waals surface area contributed by atoms with Crippen LogP contribution in [-0.4, -0.2) is 15.9 Å². The summed E-state index contributed by atoms with van der Waals surface area (Å²) >= 11 is 3.15. The zero-order valence-corrected chi connectivity index (χ0v) is 13.9. The smallest absolute Gasteiger partial charge is 0.408 e. The number of thiophene rings is 1. The van der Waals surface area contributed by atoms with Gasteiger partial charge in [0.05, 0.1) is 22.5 Å². The summed E-state index contributed by atoms with van der Waals surface area (Å²) in [6, 6.07) is 8.98. The van der Waals surface area contributed by atoms with Gasteiger partial charge in [0.2, 0.25) is 5.91 Å². The Balaban J connectivity index is 1.46. The largest absolute Gasteiger partial charge is 0.417 e. The van der Waals surface area contributed by atoms with Gasteiger partial charge in [-0.2, -0.15) is 0 Å². The molecule has 0 radical (unpaired) electrons. The zero-order valence-electron chi connectivity index (χ0n) is 12.2. The fourth-order valence-electron chi connectivity index (χ4n) is 2.30. The van der Waals surface area contributed by atoms with E-state index in [2.05, 4.69) is 15.3 Å². The van der Waals surface area contributed by atoms with Crippen LogP contribution in [0.25, 0.3) is 21.0 Å². The van der Waals surface area contributed by atoms with Crippen LogP contribution in [-0.2, 0) is 11.2 Å². The molecule has 0 spiro atoms. The van der Waals surface area contributed by atoms with Gasteiger partial charge in [-0.1, -0.05) is 6.07 Å². The Labute approximate surface area is 143 Å². The van der Waals surface area contributed by atoms with E-state index in [4.69, 9.17) is 4.42 Å². The Kier molecular flexibility index (Phi) is 3.75. The van der Waals surface area contributed by atoms with Gasteiger partial charge in [-0.3, -0.25) is 9.78 Å². The topological polar surface area (TPSA) is 88.0 Å². The maximum atomic E-state index is 12.2. The highest BCUT2D eigenvalue weighted by Crippen LogP contribution is 2.28. The third-order valence-corrected chi connectivity index (χ3v) is 5.26. The van der Waals surface area contributed by atoms with Crippen molar-refractivity contribution >= 4 is 45.4 Å². The van der Waals surface area contributed by atoms with E-state index in [1.807, 2.05) is 22.9 Å². The summed E-state index contributed by atoms with van der Waals surface area (Å²) in [5, 5.41) is 7.62. The van der Waals surface area contributed by atoms with Crippen LogP contribution in [0, 0.1) is 0 Å². The summed E-state index contributed by atoms with van der Waals surface area (Å²) in [7, 11) is 0. The molecule has 4 aromatic rings. The number of amides is 1. The molecule has 24 heavy (non-hydrogen) atoms. The van der Waals surface area contributed by atoms with E-state index in [1.54, 1.807) is 29.5 Å². The minimum absolute atomic E-state index is 0.164. The van der Waals surface area contributed by atoms with E-state index in [9.17, 15) is 9.59 Å². The lowest BCUT2D eigenvalue weighted by Gasteiger charge is -2.03. The van der Waals surface area contributed by atoms with Gasteiger partial charge in [-0.15, -0.1) is 22.7 Å². The molecule has 0 unspecified atom stereocenters. The first kappa shape index (κ1) is 14.9. The number of nitrogens with one attached hydrogen (secondary N) is 2. The molecule has 0 aliphatic rings. The highest BCUT2D eigenvalue weighted by Gasteiger charge is 2.11. The van der Waals surface area contributed by atoms with Crippen LogP contribution in [0.4, 0.5) is 5.69 Å². The Morgan fingerprint density at radius 2 is 2.21 bits per heavy atom. The van der Waals surface area contributed by atoms with Crippen LogP contribution in [0.2, 0.25) is 0 Å². The van der Waals surface area contributed by atoms with Crippen LogP contribution >= 0.6 is 22.7 Å². The number of aromatic nitrogens is 2. The van der Waals surface area contributed by atoms with Gasteiger partial charge in [0, 0.05) is 11.1 Å². The van der Waals surface area contributed by atoms with Gasteiger partial charge in [0.1, 0.15) is 5.01 Å². The van der Waals surface area contributed by atoms with Crippen molar-refractivity contribution in [2.24, 2.45) is 0 Å². The third-order valence-electron chi connectivity index (χ3n) is 3.33. The monoisotopic (exact) mass is 357 g/mol. The van der Waals surface area contributed by atoms with E-state index < -0.39 is 5.76 Å². The van der Waals surface area contributed by atoms with Crippen molar-refractivity contribution in [1.82, 2.24) is 9.97 Å². The maximum absolute atomic E-state index is 12.2. The predicted molar refractivity (Wildman–Crippen MR) is 94.6 cm³/mol. The first-order chi connectivity index (χ1) is 11.7. The SMILES string of the molecule is O=C(Cc1csc(-c2cccs2)n1)Nc1ccc2oc(=O)[nH]c2c1. The molecule has 0 atom stereocenters. The van der Waals surface area contributed by atoms with Gasteiger partial charge >= 0.3 is 5.76 Å². The lowest BCUT2D eigenvalue weighted by molar-refractivity contribution is -0.115. The Morgan fingerprint density at radius 3 is 3.04 bits per heavy atom. The number of nitrogens with zero attached hydrogens (tertiary/aromatic N) is 1. The van der Waals surface area contributed by atoms with Crippen molar-refractivity contribution in [1.29, 1.82) is 0 Å². The van der Waals surface area contributed by atoms with Crippen LogP contribution in [0.15, 0.2) is 50.3 Å². The lowest BCUT2D eigenvalue weighted by Crippen LogP contribution is -2.14. The van der Waals surface area contributed by atoms with Crippen molar-refractivity contribution in [2.45, 2.75) is 6.42 Å². The van der Waals surface area contributed by atoms with Crippen LogP contribution in [0.3, 0.4) is 0 Å². The maximum Gasteiger partial charge on any atom is 0.417 e. The minimum atomic E-state index is -0.517. The molecule has 6 nitrogen and oxygen atoms in total. The summed E-state index contributed by atoms with van der Waals surface area (Å²) in [5.74, 6) is -0.680. The van der Waals surface area contributed by atoms with Crippen molar-refractivity contribution in [3.63, 3.8) is 0 Å². The van der Waals surface area contributed by atoms with E-state index >= 15 is 0 Å². The molecule has 0 aliphatic carbocycles. The summed E-state index contributed by atoms with van der Waals surface area (Å²) in [5.41, 5.74) is 2.33. The second-order valence-electron chi connectivity index (χ2n) is 5.07. The molecule has 8 heteroatoms. The lowest BCUT2D eigenvalue weighted by atomic mass is 10.2. The number of carbonyl (C=O) groups excluding carboxylic acids is 1. The highest BCUT2D eigenvalue weighted by atomic mass is 32.1. The molecule has 120 valence electrons.